The van der Waals surface area contributed by atoms with Crippen LogP contribution in [0.2, 0.25) is 0 Å². The summed E-state index contributed by atoms with van der Waals surface area (Å²) in [6, 6.07) is 2.48. The second kappa shape index (κ2) is 7.83. The molecule has 2 unspecified atom stereocenters. The molecule has 4 aliphatic rings. The molecule has 1 saturated carbocycles. The van der Waals surface area contributed by atoms with Crippen molar-refractivity contribution in [1.82, 2.24) is 10.2 Å². The van der Waals surface area contributed by atoms with Crippen molar-refractivity contribution in [2.24, 2.45) is 11.8 Å². The lowest BCUT2D eigenvalue weighted by atomic mass is 9.72. The average molecular weight is 506 g/mol. The maximum Gasteiger partial charge on any atom is 0.435 e. The number of hydrogen-bond donors (Lipinski definition) is 1. The quantitative estimate of drug-likeness (QED) is 0.458. The molecule has 3 atom stereocenters. The molecule has 1 spiro atoms. The number of amides is 2. The predicted molar refractivity (Wildman–Crippen MR) is 110 cm³/mol. The summed E-state index contributed by atoms with van der Waals surface area (Å²) in [6.07, 6.45) is -8.59. The molecule has 0 bridgehead atoms. The Morgan fingerprint density at radius 1 is 0.971 bits per heavy atom. The number of halogens is 7. The number of piperidine rings is 1. The van der Waals surface area contributed by atoms with Gasteiger partial charge >= 0.3 is 18.0 Å². The number of nitrogens with one attached hydrogen (secondary N) is 1. The Morgan fingerprint density at radius 2 is 1.60 bits per heavy atom. The molecule has 2 heterocycles. The van der Waals surface area contributed by atoms with E-state index in [1.54, 1.807) is 0 Å². The number of β-lactam (4-membered cyclic amide) rings is 1. The molecule has 2 aliphatic heterocycles. The molecule has 0 aromatic heterocycles. The van der Waals surface area contributed by atoms with Crippen LogP contribution in [0.1, 0.15) is 61.1 Å². The fourth-order valence-corrected chi connectivity index (χ4v) is 6.65. The Morgan fingerprint density at radius 3 is 2.17 bits per heavy atom. The zero-order valence-electron chi connectivity index (χ0n) is 18.7. The van der Waals surface area contributed by atoms with Crippen molar-refractivity contribution in [3.8, 4) is 0 Å². The highest BCUT2D eigenvalue weighted by molar-refractivity contribution is 5.85. The van der Waals surface area contributed by atoms with Crippen LogP contribution in [0.15, 0.2) is 18.2 Å². The van der Waals surface area contributed by atoms with E-state index in [1.807, 2.05) is 4.90 Å². The van der Waals surface area contributed by atoms with E-state index in [9.17, 15) is 40.3 Å². The first-order valence-electron chi connectivity index (χ1n) is 11.8. The van der Waals surface area contributed by atoms with Gasteiger partial charge in [-0.15, -0.1) is 0 Å². The van der Waals surface area contributed by atoms with Gasteiger partial charge in [-0.1, -0.05) is 18.2 Å². The van der Waals surface area contributed by atoms with Crippen molar-refractivity contribution in [2.45, 2.75) is 74.4 Å². The molecule has 2 saturated heterocycles. The Kier molecular flexibility index (Phi) is 5.45. The Hall–Kier alpha value is -2.33. The summed E-state index contributed by atoms with van der Waals surface area (Å²) in [5.41, 5.74) is -6.20. The molecule has 1 aromatic rings. The molecule has 4 nitrogen and oxygen atoms in total. The van der Waals surface area contributed by atoms with Crippen molar-refractivity contribution >= 4 is 11.8 Å². The van der Waals surface area contributed by atoms with Gasteiger partial charge in [0.25, 0.3) is 0 Å². The topological polar surface area (TPSA) is 49.4 Å². The predicted octanol–water partition coefficient (Wildman–Crippen LogP) is 4.91. The lowest BCUT2D eigenvalue weighted by molar-refractivity contribution is -0.348. The summed E-state index contributed by atoms with van der Waals surface area (Å²) >= 11 is 0. The van der Waals surface area contributed by atoms with Crippen molar-refractivity contribution in [1.29, 1.82) is 0 Å². The summed E-state index contributed by atoms with van der Waals surface area (Å²) in [7, 11) is 0. The summed E-state index contributed by atoms with van der Waals surface area (Å²) in [5, 5.41) is 2.93. The lowest BCUT2D eigenvalue weighted by Gasteiger charge is -2.48. The van der Waals surface area contributed by atoms with E-state index in [0.717, 1.165) is 0 Å². The van der Waals surface area contributed by atoms with E-state index in [1.165, 1.54) is 6.07 Å². The summed E-state index contributed by atoms with van der Waals surface area (Å²) in [5.74, 6) is -0.434. The molecule has 1 N–H and O–H groups in total. The van der Waals surface area contributed by atoms with Crippen molar-refractivity contribution in [2.75, 3.05) is 13.1 Å². The molecule has 0 radical (unpaired) electrons. The zero-order chi connectivity index (χ0) is 25.4. The van der Waals surface area contributed by atoms with Crippen LogP contribution in [0.4, 0.5) is 30.7 Å². The number of nitrogens with zero attached hydrogens (tertiary/aromatic N) is 1. The highest BCUT2D eigenvalue weighted by Gasteiger charge is 2.73. The first-order chi connectivity index (χ1) is 16.3. The number of fused-ring (bicyclic) bond motifs is 3. The number of likely N-dealkylation sites (tertiary alicyclic amines) is 1. The molecular weight excluding hydrogens is 481 g/mol. The normalized spacial score (nSPS) is 28.3. The van der Waals surface area contributed by atoms with Crippen LogP contribution >= 0.6 is 0 Å². The maximum absolute atomic E-state index is 14.5. The largest absolute Gasteiger partial charge is 0.435 e. The van der Waals surface area contributed by atoms with Gasteiger partial charge in [0.15, 0.2) is 0 Å². The number of aryl methyl sites for hydroxylation is 1. The fourth-order valence-electron chi connectivity index (χ4n) is 6.65. The van der Waals surface area contributed by atoms with E-state index in [0.29, 0.717) is 69.3 Å². The van der Waals surface area contributed by atoms with Crippen LogP contribution in [0.5, 0.6) is 0 Å². The SMILES string of the molecule is O=C1CC2(CCN(C(=O)[C@@H]3CCC4c5ccc(C(F)(C(F)(F)F)C(F)(F)F)cc5CCC43)CC2)N1. The average Bonchev–Trinajstić information content (AvgIpc) is 3.20. The van der Waals surface area contributed by atoms with E-state index >= 15 is 0 Å². The van der Waals surface area contributed by atoms with E-state index in [4.69, 9.17) is 0 Å². The Bertz CT molecular complexity index is 1020. The fraction of sp³-hybridized carbons (Fsp3) is 0.667. The molecule has 3 fully saturated rings. The van der Waals surface area contributed by atoms with Gasteiger partial charge in [-0.05, 0) is 61.5 Å². The van der Waals surface area contributed by atoms with Crippen molar-refractivity contribution in [3.05, 3.63) is 34.9 Å². The van der Waals surface area contributed by atoms with Gasteiger partial charge in [-0.2, -0.15) is 26.3 Å². The van der Waals surface area contributed by atoms with Crippen LogP contribution in [0.3, 0.4) is 0 Å². The minimum absolute atomic E-state index is 0.0166. The number of alkyl halides is 7. The van der Waals surface area contributed by atoms with Crippen LogP contribution < -0.4 is 5.32 Å². The molecule has 192 valence electrons. The molecule has 1 aromatic carbocycles. The van der Waals surface area contributed by atoms with Gasteiger partial charge in [0.1, 0.15) is 0 Å². The van der Waals surface area contributed by atoms with Crippen LogP contribution in [0, 0.1) is 11.8 Å². The van der Waals surface area contributed by atoms with Crippen molar-refractivity contribution < 1.29 is 40.3 Å². The second-order valence-corrected chi connectivity index (χ2v) is 10.4. The van der Waals surface area contributed by atoms with Crippen LogP contribution in [0.25, 0.3) is 0 Å². The van der Waals surface area contributed by atoms with E-state index in [-0.39, 0.29) is 47.1 Å². The molecule has 2 aliphatic carbocycles. The summed E-state index contributed by atoms with van der Waals surface area (Å²) < 4.78 is 93.6. The third-order valence-corrected chi connectivity index (χ3v) is 8.54. The minimum atomic E-state index is -6.14. The van der Waals surface area contributed by atoms with Gasteiger partial charge < -0.3 is 10.2 Å². The Labute approximate surface area is 197 Å². The minimum Gasteiger partial charge on any atom is -0.350 e. The van der Waals surface area contributed by atoms with Gasteiger partial charge in [0, 0.05) is 31.0 Å². The Balaban J connectivity index is 1.33. The first-order valence-corrected chi connectivity index (χ1v) is 11.8. The molecule has 11 heteroatoms. The smallest absolute Gasteiger partial charge is 0.350 e. The highest BCUT2D eigenvalue weighted by Crippen LogP contribution is 2.55. The van der Waals surface area contributed by atoms with Crippen LogP contribution in [-0.2, 0) is 21.7 Å². The molecular formula is C24H25F7N2O2. The highest BCUT2D eigenvalue weighted by atomic mass is 19.4. The number of carbonyl (C=O) groups is 2. The summed E-state index contributed by atoms with van der Waals surface area (Å²) in [6.45, 7) is 1.08. The van der Waals surface area contributed by atoms with E-state index in [2.05, 4.69) is 5.32 Å². The van der Waals surface area contributed by atoms with Crippen LogP contribution in [-0.4, -0.2) is 47.7 Å². The third kappa shape index (κ3) is 3.71. The number of hydrogen-bond acceptors (Lipinski definition) is 2. The standard InChI is InChI=1S/C24H25F7N2O2/c25-22(23(26,27)28,24(29,30)31)14-2-4-15-13(11-14)1-3-17-16(15)5-6-18(17)20(35)33-9-7-21(8-10-33)12-19(34)32-21/h2,4,11,16-18H,1,3,5-10,12H2,(H,32,34)/t16?,17?,18-/m1/s1. The maximum atomic E-state index is 14.5. The van der Waals surface area contributed by atoms with Gasteiger partial charge in [0.05, 0.1) is 5.54 Å². The van der Waals surface area contributed by atoms with Gasteiger partial charge in [0.2, 0.25) is 11.8 Å². The van der Waals surface area contributed by atoms with Crippen molar-refractivity contribution in [3.63, 3.8) is 0 Å². The van der Waals surface area contributed by atoms with Gasteiger partial charge in [-0.3, -0.25) is 9.59 Å². The lowest BCUT2D eigenvalue weighted by Crippen LogP contribution is -2.65. The molecule has 35 heavy (non-hydrogen) atoms. The van der Waals surface area contributed by atoms with Gasteiger partial charge in [-0.25, -0.2) is 4.39 Å². The number of carbonyl (C=O) groups excluding carboxylic acids is 2. The van der Waals surface area contributed by atoms with E-state index < -0.39 is 23.6 Å². The molecule has 5 rings (SSSR count). The second-order valence-electron chi connectivity index (χ2n) is 10.4. The summed E-state index contributed by atoms with van der Waals surface area (Å²) in [4.78, 5) is 26.4. The number of benzene rings is 1. The third-order valence-electron chi connectivity index (χ3n) is 8.54. The first kappa shape index (κ1) is 24.4. The monoisotopic (exact) mass is 506 g/mol. The zero-order valence-corrected chi connectivity index (χ0v) is 18.7. The number of rotatable bonds is 2. The molecule has 2 amide bonds.